The molecule has 4 heteroatoms. The fourth-order valence-corrected chi connectivity index (χ4v) is 2.77. The third-order valence-electron chi connectivity index (χ3n) is 4.10. The van der Waals surface area contributed by atoms with Gasteiger partial charge in [-0.3, -0.25) is 0 Å². The Morgan fingerprint density at radius 2 is 1.55 bits per heavy atom. The summed E-state index contributed by atoms with van der Waals surface area (Å²) in [6.07, 6.45) is 5.31. The van der Waals surface area contributed by atoms with E-state index in [0.717, 1.165) is 35.6 Å². The van der Waals surface area contributed by atoms with Crippen LogP contribution in [-0.4, -0.2) is 19.9 Å². The van der Waals surface area contributed by atoms with Crippen molar-refractivity contribution < 1.29 is 0 Å². The molecule has 0 N–H and O–H groups in total. The summed E-state index contributed by atoms with van der Waals surface area (Å²) in [7, 11) is 0. The van der Waals surface area contributed by atoms with Crippen LogP contribution in [0.25, 0.3) is 0 Å². The number of aromatic nitrogens is 4. The number of hydrogen-bond acceptors (Lipinski definition) is 4. The van der Waals surface area contributed by atoms with Crippen LogP contribution in [0.4, 0.5) is 0 Å². The highest BCUT2D eigenvalue weighted by Gasteiger charge is 2.17. The lowest BCUT2D eigenvalue weighted by Crippen LogP contribution is -2.14. The molecular formula is C18H26N4. The first kappa shape index (κ1) is 16.5. The van der Waals surface area contributed by atoms with Gasteiger partial charge in [-0.1, -0.05) is 27.7 Å². The zero-order valence-corrected chi connectivity index (χ0v) is 14.5. The molecule has 1 atom stereocenters. The smallest absolute Gasteiger partial charge is 0.115 e. The summed E-state index contributed by atoms with van der Waals surface area (Å²) in [4.78, 5) is 17.5. The summed E-state index contributed by atoms with van der Waals surface area (Å²) in [5, 5.41) is 0. The normalized spacial score (nSPS) is 13.2. The van der Waals surface area contributed by atoms with Gasteiger partial charge < -0.3 is 0 Å². The van der Waals surface area contributed by atoms with Crippen molar-refractivity contribution in [3.63, 3.8) is 0 Å². The van der Waals surface area contributed by atoms with E-state index in [4.69, 9.17) is 0 Å². The number of nitrogens with zero attached hydrogens (tertiary/aromatic N) is 4. The number of aryl methyl sites for hydroxylation is 3. The van der Waals surface area contributed by atoms with E-state index in [-0.39, 0.29) is 5.41 Å². The predicted octanol–water partition coefficient (Wildman–Crippen LogP) is 3.92. The Hall–Kier alpha value is -1.84. The molecule has 0 spiro atoms. The molecule has 0 fully saturated rings. The minimum absolute atomic E-state index is 0.0593. The van der Waals surface area contributed by atoms with Gasteiger partial charge in [0.2, 0.25) is 0 Å². The van der Waals surface area contributed by atoms with Crippen LogP contribution in [0, 0.1) is 13.8 Å². The highest BCUT2D eigenvalue weighted by Crippen LogP contribution is 2.26. The van der Waals surface area contributed by atoms with Gasteiger partial charge in [-0.25, -0.2) is 19.9 Å². The van der Waals surface area contributed by atoms with Crippen molar-refractivity contribution in [2.45, 2.75) is 65.7 Å². The molecule has 2 aromatic heterocycles. The molecule has 0 aromatic carbocycles. The molecule has 118 valence electrons. The van der Waals surface area contributed by atoms with E-state index < -0.39 is 0 Å². The van der Waals surface area contributed by atoms with E-state index in [2.05, 4.69) is 67.5 Å². The van der Waals surface area contributed by atoms with E-state index in [1.807, 2.05) is 0 Å². The van der Waals surface area contributed by atoms with Crippen molar-refractivity contribution >= 4 is 0 Å². The van der Waals surface area contributed by atoms with Gasteiger partial charge in [0.15, 0.2) is 0 Å². The molecule has 0 saturated carbocycles. The third-order valence-corrected chi connectivity index (χ3v) is 4.10. The average Bonchev–Trinajstić information content (AvgIpc) is 2.44. The van der Waals surface area contributed by atoms with Crippen LogP contribution in [-0.2, 0) is 11.8 Å². The maximum absolute atomic E-state index is 4.42. The van der Waals surface area contributed by atoms with E-state index in [1.54, 1.807) is 12.7 Å². The molecule has 2 heterocycles. The Morgan fingerprint density at radius 3 is 2.14 bits per heavy atom. The SMILES string of the molecule is Cc1ncnc(C)c1C(C)CCc1cc(C(C)(C)C)ncn1. The van der Waals surface area contributed by atoms with Crippen LogP contribution < -0.4 is 0 Å². The summed E-state index contributed by atoms with van der Waals surface area (Å²) in [5.41, 5.74) is 5.70. The maximum Gasteiger partial charge on any atom is 0.115 e. The minimum Gasteiger partial charge on any atom is -0.241 e. The molecule has 22 heavy (non-hydrogen) atoms. The van der Waals surface area contributed by atoms with Crippen LogP contribution in [0.15, 0.2) is 18.7 Å². The first-order valence-electron chi connectivity index (χ1n) is 7.88. The molecule has 0 aliphatic heterocycles. The van der Waals surface area contributed by atoms with Crippen molar-refractivity contribution in [3.05, 3.63) is 47.1 Å². The van der Waals surface area contributed by atoms with Crippen molar-refractivity contribution in [2.75, 3.05) is 0 Å². The molecule has 0 bridgehead atoms. The van der Waals surface area contributed by atoms with Gasteiger partial charge >= 0.3 is 0 Å². The Morgan fingerprint density at radius 1 is 0.955 bits per heavy atom. The standard InChI is InChI=1S/C18H26N4/c1-12(17-13(2)19-10-20-14(17)3)7-8-15-9-16(18(4,5)6)22-11-21-15/h9-12H,7-8H2,1-6H3. The fraction of sp³-hybridized carbons (Fsp3) is 0.556. The van der Waals surface area contributed by atoms with Gasteiger partial charge in [0.1, 0.15) is 12.7 Å². The van der Waals surface area contributed by atoms with Crippen LogP contribution in [0.1, 0.15) is 68.4 Å². The van der Waals surface area contributed by atoms with Crippen molar-refractivity contribution in [2.24, 2.45) is 0 Å². The zero-order valence-electron chi connectivity index (χ0n) is 14.5. The Kier molecular flexibility index (Phi) is 4.89. The molecule has 0 amide bonds. The van der Waals surface area contributed by atoms with Crippen molar-refractivity contribution in [3.8, 4) is 0 Å². The second-order valence-corrected chi connectivity index (χ2v) is 7.04. The van der Waals surface area contributed by atoms with Gasteiger partial charge in [-0.2, -0.15) is 0 Å². The van der Waals surface area contributed by atoms with Gasteiger partial charge in [0, 0.05) is 28.2 Å². The van der Waals surface area contributed by atoms with E-state index in [0.29, 0.717) is 5.92 Å². The lowest BCUT2D eigenvalue weighted by Gasteiger charge is -2.19. The van der Waals surface area contributed by atoms with Crippen molar-refractivity contribution in [1.82, 2.24) is 19.9 Å². The summed E-state index contributed by atoms with van der Waals surface area (Å²) < 4.78 is 0. The topological polar surface area (TPSA) is 51.6 Å². The molecule has 4 nitrogen and oxygen atoms in total. The molecule has 0 saturated heterocycles. The second kappa shape index (κ2) is 6.51. The summed E-state index contributed by atoms with van der Waals surface area (Å²) in [6, 6.07) is 2.13. The van der Waals surface area contributed by atoms with Crippen LogP contribution >= 0.6 is 0 Å². The van der Waals surface area contributed by atoms with Gasteiger partial charge in [-0.05, 0) is 44.2 Å². The Labute approximate surface area is 133 Å². The van der Waals surface area contributed by atoms with Crippen molar-refractivity contribution in [1.29, 1.82) is 0 Å². The Bertz CT molecular complexity index is 624. The number of rotatable bonds is 4. The Balaban J connectivity index is 2.10. The minimum atomic E-state index is 0.0593. The second-order valence-electron chi connectivity index (χ2n) is 7.04. The molecule has 0 aliphatic rings. The van der Waals surface area contributed by atoms with Crippen LogP contribution in [0.2, 0.25) is 0 Å². The lowest BCUT2D eigenvalue weighted by atomic mass is 9.90. The number of hydrogen-bond donors (Lipinski definition) is 0. The summed E-state index contributed by atoms with van der Waals surface area (Å²) in [5.74, 6) is 0.425. The molecule has 2 rings (SSSR count). The zero-order chi connectivity index (χ0) is 16.3. The first-order valence-corrected chi connectivity index (χ1v) is 7.88. The van der Waals surface area contributed by atoms with E-state index in [1.165, 1.54) is 5.56 Å². The van der Waals surface area contributed by atoms with Crippen LogP contribution in [0.5, 0.6) is 0 Å². The maximum atomic E-state index is 4.42. The highest BCUT2D eigenvalue weighted by molar-refractivity contribution is 5.26. The third kappa shape index (κ3) is 3.87. The lowest BCUT2D eigenvalue weighted by molar-refractivity contribution is 0.562. The quantitative estimate of drug-likeness (QED) is 0.858. The van der Waals surface area contributed by atoms with Gasteiger partial charge in [-0.15, -0.1) is 0 Å². The molecular weight excluding hydrogens is 272 g/mol. The summed E-state index contributed by atoms with van der Waals surface area (Å²) >= 11 is 0. The summed E-state index contributed by atoms with van der Waals surface area (Å²) in [6.45, 7) is 12.9. The van der Waals surface area contributed by atoms with Gasteiger partial charge in [0.25, 0.3) is 0 Å². The molecule has 0 aliphatic carbocycles. The van der Waals surface area contributed by atoms with Crippen LogP contribution in [0.3, 0.4) is 0 Å². The average molecular weight is 298 g/mol. The monoisotopic (exact) mass is 298 g/mol. The van der Waals surface area contributed by atoms with E-state index in [9.17, 15) is 0 Å². The van der Waals surface area contributed by atoms with E-state index >= 15 is 0 Å². The predicted molar refractivity (Wildman–Crippen MR) is 89.0 cm³/mol. The van der Waals surface area contributed by atoms with Gasteiger partial charge in [0.05, 0.1) is 0 Å². The highest BCUT2D eigenvalue weighted by atomic mass is 14.8. The fourth-order valence-electron chi connectivity index (χ4n) is 2.77. The molecule has 2 aromatic rings. The largest absolute Gasteiger partial charge is 0.241 e. The first-order chi connectivity index (χ1) is 10.3. The molecule has 0 radical (unpaired) electrons. The molecule has 1 unspecified atom stereocenters.